The summed E-state index contributed by atoms with van der Waals surface area (Å²) in [5, 5.41) is 12.4. The summed E-state index contributed by atoms with van der Waals surface area (Å²) in [7, 11) is 1.67. The first kappa shape index (κ1) is 16.4. The second-order valence-corrected chi connectivity index (χ2v) is 6.64. The fourth-order valence-electron chi connectivity index (χ4n) is 3.81. The maximum Gasteiger partial charge on any atom is 0.237 e. The van der Waals surface area contributed by atoms with E-state index in [2.05, 4.69) is 28.4 Å². The molecule has 1 N–H and O–H groups in total. The lowest BCUT2D eigenvalue weighted by atomic mass is 9.93. The average molecular weight is 344 g/mol. The van der Waals surface area contributed by atoms with Gasteiger partial charge < -0.3 is 9.72 Å². The van der Waals surface area contributed by atoms with Gasteiger partial charge in [0.2, 0.25) is 5.91 Å². The molecule has 0 bridgehead atoms. The number of likely N-dealkylation sites (N-methyl/N-ethyl adjacent to an activating group) is 1. The van der Waals surface area contributed by atoms with Crippen molar-refractivity contribution in [3.63, 3.8) is 0 Å². The van der Waals surface area contributed by atoms with Gasteiger partial charge in [-0.25, -0.2) is 0 Å². The van der Waals surface area contributed by atoms with E-state index in [1.165, 1.54) is 11.1 Å². The molecule has 1 aliphatic heterocycles. The SMILES string of the molecule is CNC(=O)[C@@H]1Cc2ccccc2CN1Cc1cn2ccccc2c1C#N. The lowest BCUT2D eigenvalue weighted by Gasteiger charge is -2.35. The number of carbonyl (C=O) groups excluding carboxylic acids is 1. The number of aromatic nitrogens is 1. The van der Waals surface area contributed by atoms with Crippen LogP contribution < -0.4 is 5.32 Å². The van der Waals surface area contributed by atoms with E-state index >= 15 is 0 Å². The first-order chi connectivity index (χ1) is 12.7. The highest BCUT2D eigenvalue weighted by atomic mass is 16.2. The fourth-order valence-corrected chi connectivity index (χ4v) is 3.81. The minimum Gasteiger partial charge on any atom is -0.358 e. The van der Waals surface area contributed by atoms with E-state index in [0.717, 1.165) is 11.1 Å². The number of pyridine rings is 1. The number of hydrogen-bond donors (Lipinski definition) is 1. The van der Waals surface area contributed by atoms with Crippen molar-refractivity contribution < 1.29 is 4.79 Å². The summed E-state index contributed by atoms with van der Waals surface area (Å²) < 4.78 is 1.97. The first-order valence-electron chi connectivity index (χ1n) is 8.72. The van der Waals surface area contributed by atoms with Crippen LogP contribution in [0.15, 0.2) is 54.9 Å². The fraction of sp³-hybridized carbons (Fsp3) is 0.238. The van der Waals surface area contributed by atoms with E-state index in [4.69, 9.17) is 0 Å². The molecule has 0 aliphatic carbocycles. The van der Waals surface area contributed by atoms with Gasteiger partial charge in [0.05, 0.1) is 17.1 Å². The van der Waals surface area contributed by atoms with Gasteiger partial charge in [-0.15, -0.1) is 0 Å². The number of nitrogens with zero attached hydrogens (tertiary/aromatic N) is 3. The Bertz CT molecular complexity index is 1010. The van der Waals surface area contributed by atoms with Crippen LogP contribution in [-0.4, -0.2) is 28.3 Å². The van der Waals surface area contributed by atoms with Crippen molar-refractivity contribution in [2.24, 2.45) is 0 Å². The van der Waals surface area contributed by atoms with Gasteiger partial charge in [-0.1, -0.05) is 30.3 Å². The molecule has 5 heteroatoms. The molecule has 0 saturated heterocycles. The zero-order valence-corrected chi connectivity index (χ0v) is 14.6. The topological polar surface area (TPSA) is 60.5 Å². The summed E-state index contributed by atoms with van der Waals surface area (Å²) in [6.07, 6.45) is 4.63. The molecule has 5 nitrogen and oxygen atoms in total. The number of nitriles is 1. The normalized spacial score (nSPS) is 16.8. The number of amides is 1. The molecule has 4 rings (SSSR count). The molecule has 0 fully saturated rings. The Kier molecular flexibility index (Phi) is 4.19. The largest absolute Gasteiger partial charge is 0.358 e. The number of benzene rings is 1. The molecule has 3 heterocycles. The molecule has 0 saturated carbocycles. The number of rotatable bonds is 3. The zero-order valence-electron chi connectivity index (χ0n) is 14.6. The summed E-state index contributed by atoms with van der Waals surface area (Å²) in [5.74, 6) is 0.0155. The predicted octanol–water partition coefficient (Wildman–Crippen LogP) is 2.48. The summed E-state index contributed by atoms with van der Waals surface area (Å²) in [6.45, 7) is 1.27. The van der Waals surface area contributed by atoms with Crippen molar-refractivity contribution in [1.82, 2.24) is 14.6 Å². The van der Waals surface area contributed by atoms with Crippen molar-refractivity contribution in [2.45, 2.75) is 25.6 Å². The van der Waals surface area contributed by atoms with Crippen LogP contribution in [0, 0.1) is 11.3 Å². The van der Waals surface area contributed by atoms with Crippen LogP contribution in [0.25, 0.3) is 5.52 Å². The second kappa shape index (κ2) is 6.66. The van der Waals surface area contributed by atoms with E-state index in [1.807, 2.05) is 47.1 Å². The Morgan fingerprint density at radius 2 is 2.00 bits per heavy atom. The molecule has 1 atom stereocenters. The summed E-state index contributed by atoms with van der Waals surface area (Å²) in [6, 6.07) is 16.2. The van der Waals surface area contributed by atoms with Gasteiger partial charge in [-0.3, -0.25) is 9.69 Å². The second-order valence-electron chi connectivity index (χ2n) is 6.64. The van der Waals surface area contributed by atoms with Crippen LogP contribution in [0.5, 0.6) is 0 Å². The van der Waals surface area contributed by atoms with Crippen LogP contribution in [-0.2, 0) is 24.3 Å². The van der Waals surface area contributed by atoms with E-state index in [0.29, 0.717) is 25.1 Å². The Morgan fingerprint density at radius 3 is 2.77 bits per heavy atom. The van der Waals surface area contributed by atoms with Crippen LogP contribution >= 0.6 is 0 Å². The minimum atomic E-state index is -0.232. The summed E-state index contributed by atoms with van der Waals surface area (Å²) in [5.41, 5.74) is 5.00. The van der Waals surface area contributed by atoms with Crippen LogP contribution in [0.3, 0.4) is 0 Å². The maximum atomic E-state index is 12.5. The van der Waals surface area contributed by atoms with Gasteiger partial charge in [-0.05, 0) is 29.7 Å². The van der Waals surface area contributed by atoms with E-state index in [9.17, 15) is 10.1 Å². The molecule has 26 heavy (non-hydrogen) atoms. The van der Waals surface area contributed by atoms with Gasteiger partial charge in [0.25, 0.3) is 0 Å². The first-order valence-corrected chi connectivity index (χ1v) is 8.72. The molecule has 1 aromatic carbocycles. The van der Waals surface area contributed by atoms with Crippen LogP contribution in [0.2, 0.25) is 0 Å². The summed E-state index contributed by atoms with van der Waals surface area (Å²) >= 11 is 0. The Balaban J connectivity index is 1.72. The van der Waals surface area contributed by atoms with E-state index in [-0.39, 0.29) is 11.9 Å². The van der Waals surface area contributed by atoms with Crippen LogP contribution in [0.1, 0.15) is 22.3 Å². The van der Waals surface area contributed by atoms with Crippen molar-refractivity contribution in [2.75, 3.05) is 7.05 Å². The molecule has 0 spiro atoms. The molecule has 2 aromatic heterocycles. The molecule has 1 aliphatic rings. The van der Waals surface area contributed by atoms with E-state index in [1.54, 1.807) is 7.05 Å². The highest BCUT2D eigenvalue weighted by Crippen LogP contribution is 2.27. The highest BCUT2D eigenvalue weighted by Gasteiger charge is 2.31. The third kappa shape index (κ3) is 2.75. The number of nitrogens with one attached hydrogen (secondary N) is 1. The standard InChI is InChI=1S/C21H20N4O/c1-23-21(26)20-10-15-6-2-3-7-16(15)12-25(20)14-17-13-24-9-5-4-8-19(24)18(17)11-22/h2-9,13,20H,10,12,14H2,1H3,(H,23,26)/t20-/m0/s1. The lowest BCUT2D eigenvalue weighted by molar-refractivity contribution is -0.126. The zero-order chi connectivity index (χ0) is 18.1. The number of carbonyl (C=O) groups is 1. The third-order valence-electron chi connectivity index (χ3n) is 5.14. The predicted molar refractivity (Wildman–Crippen MR) is 99.4 cm³/mol. The molecule has 0 radical (unpaired) electrons. The average Bonchev–Trinajstić information content (AvgIpc) is 3.03. The number of hydrogen-bond acceptors (Lipinski definition) is 3. The van der Waals surface area contributed by atoms with Gasteiger partial charge >= 0.3 is 0 Å². The number of fused-ring (bicyclic) bond motifs is 2. The molecule has 1 amide bonds. The van der Waals surface area contributed by atoms with Crippen LogP contribution in [0.4, 0.5) is 0 Å². The van der Waals surface area contributed by atoms with E-state index < -0.39 is 0 Å². The minimum absolute atomic E-state index is 0.0155. The van der Waals surface area contributed by atoms with Crippen molar-refractivity contribution in [1.29, 1.82) is 5.26 Å². The molecular formula is C21H20N4O. The molecule has 130 valence electrons. The summed E-state index contributed by atoms with van der Waals surface area (Å²) in [4.78, 5) is 14.6. The van der Waals surface area contributed by atoms with Crippen molar-refractivity contribution >= 4 is 11.4 Å². The third-order valence-corrected chi connectivity index (χ3v) is 5.14. The highest BCUT2D eigenvalue weighted by molar-refractivity contribution is 5.82. The van der Waals surface area contributed by atoms with Crippen molar-refractivity contribution in [3.8, 4) is 6.07 Å². The molecule has 0 unspecified atom stereocenters. The smallest absolute Gasteiger partial charge is 0.237 e. The Hall–Kier alpha value is -3.10. The maximum absolute atomic E-state index is 12.5. The lowest BCUT2D eigenvalue weighted by Crippen LogP contribution is -2.49. The quantitative estimate of drug-likeness (QED) is 0.794. The Labute approximate surface area is 152 Å². The molecule has 3 aromatic rings. The van der Waals surface area contributed by atoms with Gasteiger partial charge in [0.1, 0.15) is 6.07 Å². The molecular weight excluding hydrogens is 324 g/mol. The van der Waals surface area contributed by atoms with Gasteiger partial charge in [0, 0.05) is 38.1 Å². The van der Waals surface area contributed by atoms with Gasteiger partial charge in [-0.2, -0.15) is 5.26 Å². The van der Waals surface area contributed by atoms with Crippen molar-refractivity contribution in [3.05, 3.63) is 77.1 Å². The monoisotopic (exact) mass is 344 g/mol. The Morgan fingerprint density at radius 1 is 1.23 bits per heavy atom. The van der Waals surface area contributed by atoms with Gasteiger partial charge in [0.15, 0.2) is 0 Å².